The summed E-state index contributed by atoms with van der Waals surface area (Å²) in [5.41, 5.74) is 2.40. The molecule has 0 saturated carbocycles. The molecule has 0 fully saturated rings. The van der Waals surface area contributed by atoms with Crippen LogP contribution in [-0.2, 0) is 9.59 Å². The third-order valence-electron chi connectivity index (χ3n) is 4.83. The third-order valence-corrected chi connectivity index (χ3v) is 5.97. The number of halogens is 1. The first-order valence-electron chi connectivity index (χ1n) is 10.1. The van der Waals surface area contributed by atoms with Crippen LogP contribution in [0, 0.1) is 5.82 Å². The lowest BCUT2D eigenvalue weighted by Crippen LogP contribution is -2.35. The highest BCUT2D eigenvalue weighted by atomic mass is 32.2. The van der Waals surface area contributed by atoms with Crippen molar-refractivity contribution in [2.24, 2.45) is 0 Å². The van der Waals surface area contributed by atoms with Crippen LogP contribution in [0.3, 0.4) is 0 Å². The van der Waals surface area contributed by atoms with Gasteiger partial charge in [-0.2, -0.15) is 0 Å². The molecule has 0 aliphatic rings. The van der Waals surface area contributed by atoms with Crippen molar-refractivity contribution in [2.45, 2.75) is 18.2 Å². The monoisotopic (exact) mass is 452 g/mol. The second kappa shape index (κ2) is 11.3. The topological polar surface area (TPSA) is 67.4 Å². The molecule has 2 N–H and O–H groups in total. The number of benzene rings is 3. The van der Waals surface area contributed by atoms with Crippen LogP contribution in [0.4, 0.5) is 10.1 Å². The molecule has 0 bridgehead atoms. The van der Waals surface area contributed by atoms with E-state index in [-0.39, 0.29) is 29.4 Å². The molecule has 2 unspecified atom stereocenters. The fraction of sp³-hybridized carbons (Fsp3) is 0.200. The van der Waals surface area contributed by atoms with E-state index < -0.39 is 5.25 Å². The minimum atomic E-state index is -0.446. The minimum absolute atomic E-state index is 0.102. The van der Waals surface area contributed by atoms with Gasteiger partial charge in [0, 0.05) is 5.69 Å². The zero-order valence-electron chi connectivity index (χ0n) is 17.9. The van der Waals surface area contributed by atoms with Crippen LogP contribution >= 0.6 is 11.8 Å². The number of hydrogen-bond acceptors (Lipinski definition) is 4. The maximum Gasteiger partial charge on any atom is 0.234 e. The molecule has 0 spiro atoms. The molecule has 166 valence electrons. The van der Waals surface area contributed by atoms with Gasteiger partial charge in [0.05, 0.1) is 24.2 Å². The number of hydrogen-bond donors (Lipinski definition) is 2. The van der Waals surface area contributed by atoms with Gasteiger partial charge < -0.3 is 15.4 Å². The Morgan fingerprint density at radius 1 is 0.938 bits per heavy atom. The highest BCUT2D eigenvalue weighted by Crippen LogP contribution is 2.25. The molecule has 0 aromatic heterocycles. The van der Waals surface area contributed by atoms with E-state index in [1.54, 1.807) is 14.0 Å². The molecule has 3 aromatic rings. The van der Waals surface area contributed by atoms with Gasteiger partial charge in [0.15, 0.2) is 0 Å². The molecule has 0 saturated heterocycles. The van der Waals surface area contributed by atoms with Gasteiger partial charge in [0.2, 0.25) is 11.8 Å². The van der Waals surface area contributed by atoms with Crippen molar-refractivity contribution < 1.29 is 18.7 Å². The molecule has 0 aliphatic heterocycles. The lowest BCUT2D eigenvalue weighted by Gasteiger charge is -2.22. The summed E-state index contributed by atoms with van der Waals surface area (Å²) in [5, 5.41) is 5.34. The number of ether oxygens (including phenoxy) is 1. The van der Waals surface area contributed by atoms with Gasteiger partial charge in [-0.05, 0) is 54.4 Å². The Kier molecular flexibility index (Phi) is 8.27. The van der Waals surface area contributed by atoms with Crippen LogP contribution in [0.2, 0.25) is 0 Å². The number of nitrogens with one attached hydrogen (secondary N) is 2. The Bertz CT molecular complexity index is 1030. The van der Waals surface area contributed by atoms with Gasteiger partial charge in [0.25, 0.3) is 0 Å². The number of anilines is 1. The van der Waals surface area contributed by atoms with Gasteiger partial charge in [0.1, 0.15) is 11.6 Å². The first-order valence-corrected chi connectivity index (χ1v) is 11.2. The highest BCUT2D eigenvalue weighted by Gasteiger charge is 2.21. The predicted molar refractivity (Wildman–Crippen MR) is 126 cm³/mol. The highest BCUT2D eigenvalue weighted by molar-refractivity contribution is 8.01. The summed E-state index contributed by atoms with van der Waals surface area (Å²) < 4.78 is 18.2. The van der Waals surface area contributed by atoms with E-state index >= 15 is 0 Å². The fourth-order valence-electron chi connectivity index (χ4n) is 3.07. The Hall–Kier alpha value is -3.32. The van der Waals surface area contributed by atoms with Gasteiger partial charge in [-0.1, -0.05) is 42.5 Å². The van der Waals surface area contributed by atoms with E-state index in [0.717, 1.165) is 16.9 Å². The van der Waals surface area contributed by atoms with Crippen molar-refractivity contribution in [3.63, 3.8) is 0 Å². The SMILES string of the molecule is COc1ccc(C(NC(=O)C(C)SCC(=O)Nc2ccc(F)cc2)c2ccccc2)cc1. The van der Waals surface area contributed by atoms with Gasteiger partial charge in [-0.15, -0.1) is 11.8 Å². The number of amides is 2. The summed E-state index contributed by atoms with van der Waals surface area (Å²) >= 11 is 1.24. The Morgan fingerprint density at radius 2 is 1.56 bits per heavy atom. The lowest BCUT2D eigenvalue weighted by molar-refractivity contribution is -0.120. The third kappa shape index (κ3) is 6.59. The van der Waals surface area contributed by atoms with E-state index in [2.05, 4.69) is 10.6 Å². The fourth-order valence-corrected chi connectivity index (χ4v) is 3.76. The van der Waals surface area contributed by atoms with Crippen molar-refractivity contribution in [3.8, 4) is 5.75 Å². The maximum atomic E-state index is 13.0. The molecular weight excluding hydrogens is 427 g/mol. The van der Waals surface area contributed by atoms with Crippen molar-refractivity contribution >= 4 is 29.3 Å². The van der Waals surface area contributed by atoms with Crippen LogP contribution in [-0.4, -0.2) is 29.9 Å². The molecule has 0 heterocycles. The molecule has 3 aromatic carbocycles. The smallest absolute Gasteiger partial charge is 0.234 e. The summed E-state index contributed by atoms with van der Waals surface area (Å²) in [5.74, 6) is 0.0468. The van der Waals surface area contributed by atoms with Crippen molar-refractivity contribution in [1.29, 1.82) is 0 Å². The van der Waals surface area contributed by atoms with Crippen molar-refractivity contribution in [2.75, 3.05) is 18.2 Å². The van der Waals surface area contributed by atoms with Gasteiger partial charge in [-0.3, -0.25) is 9.59 Å². The minimum Gasteiger partial charge on any atom is -0.497 e. The Labute approximate surface area is 191 Å². The standard InChI is InChI=1S/C25H25FN2O3S/c1-17(32-16-23(29)27-21-12-10-20(26)11-13-21)25(30)28-24(18-6-4-3-5-7-18)19-8-14-22(31-2)15-9-19/h3-15,17,24H,16H2,1-2H3,(H,27,29)(H,28,30). The van der Waals surface area contributed by atoms with Gasteiger partial charge >= 0.3 is 0 Å². The lowest BCUT2D eigenvalue weighted by atomic mass is 9.98. The number of methoxy groups -OCH3 is 1. The Morgan fingerprint density at radius 3 is 2.19 bits per heavy atom. The van der Waals surface area contributed by atoms with Crippen LogP contribution in [0.5, 0.6) is 5.75 Å². The molecule has 0 radical (unpaired) electrons. The van der Waals surface area contributed by atoms with E-state index in [1.807, 2.05) is 54.6 Å². The summed E-state index contributed by atoms with van der Waals surface area (Å²) in [6.07, 6.45) is 0. The van der Waals surface area contributed by atoms with E-state index in [1.165, 1.54) is 36.0 Å². The molecule has 0 aliphatic carbocycles. The van der Waals surface area contributed by atoms with Crippen LogP contribution in [0.15, 0.2) is 78.9 Å². The normalized spacial score (nSPS) is 12.5. The number of carbonyl (C=O) groups is 2. The first kappa shape index (κ1) is 23.3. The second-order valence-electron chi connectivity index (χ2n) is 7.13. The molecule has 3 rings (SSSR count). The largest absolute Gasteiger partial charge is 0.497 e. The first-order chi connectivity index (χ1) is 15.5. The van der Waals surface area contributed by atoms with E-state index in [9.17, 15) is 14.0 Å². The number of thioether (sulfide) groups is 1. The maximum absolute atomic E-state index is 13.0. The molecule has 7 heteroatoms. The number of rotatable bonds is 9. The van der Waals surface area contributed by atoms with Crippen LogP contribution < -0.4 is 15.4 Å². The van der Waals surface area contributed by atoms with Crippen LogP contribution in [0.1, 0.15) is 24.1 Å². The zero-order valence-corrected chi connectivity index (χ0v) is 18.7. The summed E-state index contributed by atoms with van der Waals surface area (Å²) in [7, 11) is 1.61. The Balaban J connectivity index is 1.62. The zero-order chi connectivity index (χ0) is 22.9. The van der Waals surface area contributed by atoms with Crippen molar-refractivity contribution in [3.05, 3.63) is 95.8 Å². The summed E-state index contributed by atoms with van der Waals surface area (Å²) in [4.78, 5) is 25.1. The van der Waals surface area contributed by atoms with Crippen LogP contribution in [0.25, 0.3) is 0 Å². The number of carbonyl (C=O) groups excluding carboxylic acids is 2. The average molecular weight is 453 g/mol. The predicted octanol–water partition coefficient (Wildman–Crippen LogP) is 4.80. The molecular formula is C25H25FN2O3S. The molecule has 32 heavy (non-hydrogen) atoms. The van der Waals surface area contributed by atoms with Gasteiger partial charge in [-0.25, -0.2) is 4.39 Å². The summed E-state index contributed by atoms with van der Waals surface area (Å²) in [6.45, 7) is 1.77. The second-order valence-corrected chi connectivity index (χ2v) is 8.46. The van der Waals surface area contributed by atoms with E-state index in [0.29, 0.717) is 5.69 Å². The van der Waals surface area contributed by atoms with Crippen molar-refractivity contribution in [1.82, 2.24) is 5.32 Å². The molecule has 2 amide bonds. The quantitative estimate of drug-likeness (QED) is 0.489. The summed E-state index contributed by atoms with van der Waals surface area (Å²) in [6, 6.07) is 22.5. The average Bonchev–Trinajstić information content (AvgIpc) is 2.83. The van der Waals surface area contributed by atoms with E-state index in [4.69, 9.17) is 4.74 Å². The molecule has 5 nitrogen and oxygen atoms in total. The molecule has 2 atom stereocenters.